The summed E-state index contributed by atoms with van der Waals surface area (Å²) in [4.78, 5) is 0. The minimum Gasteiger partial charge on any atom is -0.392 e. The van der Waals surface area contributed by atoms with Crippen LogP contribution >= 0.6 is 0 Å². The van der Waals surface area contributed by atoms with E-state index in [4.69, 9.17) is 5.11 Å². The summed E-state index contributed by atoms with van der Waals surface area (Å²) >= 11 is 0. The second-order valence-corrected chi connectivity index (χ2v) is 4.53. The average molecular weight is 176 g/mol. The van der Waals surface area contributed by atoms with E-state index in [0.717, 1.165) is 12.0 Å². The molecule has 2 rings (SSSR count). The molecular formula is C12H16O. The monoisotopic (exact) mass is 176 g/mol. The van der Waals surface area contributed by atoms with Crippen LogP contribution in [0, 0.1) is 0 Å². The van der Waals surface area contributed by atoms with Gasteiger partial charge in [-0.05, 0) is 34.9 Å². The summed E-state index contributed by atoms with van der Waals surface area (Å²) in [5.41, 5.74) is 4.27. The van der Waals surface area contributed by atoms with Crippen LogP contribution in [0.1, 0.15) is 37.0 Å². The highest BCUT2D eigenvalue weighted by atomic mass is 16.3. The molecule has 1 nitrogen and oxygen atoms in total. The Morgan fingerprint density at radius 1 is 1.38 bits per heavy atom. The van der Waals surface area contributed by atoms with Crippen molar-refractivity contribution in [3.63, 3.8) is 0 Å². The number of aryl methyl sites for hydroxylation is 1. The molecule has 1 N–H and O–H groups in total. The highest BCUT2D eigenvalue weighted by Crippen LogP contribution is 2.38. The van der Waals surface area contributed by atoms with Crippen molar-refractivity contribution >= 4 is 0 Å². The van der Waals surface area contributed by atoms with Gasteiger partial charge in [-0.25, -0.2) is 0 Å². The Kier molecular flexibility index (Phi) is 1.92. The largest absolute Gasteiger partial charge is 0.392 e. The second kappa shape index (κ2) is 2.85. The normalized spacial score (nSPS) is 18.7. The van der Waals surface area contributed by atoms with Crippen molar-refractivity contribution in [1.82, 2.24) is 0 Å². The third-order valence-corrected chi connectivity index (χ3v) is 3.10. The first-order valence-electron chi connectivity index (χ1n) is 4.86. The van der Waals surface area contributed by atoms with Crippen molar-refractivity contribution in [1.29, 1.82) is 0 Å². The van der Waals surface area contributed by atoms with Gasteiger partial charge < -0.3 is 5.11 Å². The highest BCUT2D eigenvalue weighted by Gasteiger charge is 2.29. The molecule has 0 radical (unpaired) electrons. The molecule has 0 amide bonds. The predicted molar refractivity (Wildman–Crippen MR) is 53.7 cm³/mol. The summed E-state index contributed by atoms with van der Waals surface area (Å²) in [6.45, 7) is 4.74. The molecule has 0 fully saturated rings. The molecule has 0 saturated carbocycles. The summed E-state index contributed by atoms with van der Waals surface area (Å²) in [6, 6.07) is 6.35. The minimum absolute atomic E-state index is 0.160. The Hall–Kier alpha value is -0.820. The lowest BCUT2D eigenvalue weighted by Crippen LogP contribution is -2.11. The van der Waals surface area contributed by atoms with Gasteiger partial charge >= 0.3 is 0 Å². The van der Waals surface area contributed by atoms with E-state index in [-0.39, 0.29) is 6.61 Å². The summed E-state index contributed by atoms with van der Waals surface area (Å²) < 4.78 is 0. The Balaban J connectivity index is 2.46. The van der Waals surface area contributed by atoms with Gasteiger partial charge in [-0.3, -0.25) is 0 Å². The van der Waals surface area contributed by atoms with Crippen LogP contribution < -0.4 is 0 Å². The predicted octanol–water partition coefficient (Wildman–Crippen LogP) is 2.40. The van der Waals surface area contributed by atoms with Gasteiger partial charge in [0.1, 0.15) is 0 Å². The van der Waals surface area contributed by atoms with E-state index < -0.39 is 0 Å². The Bertz CT molecular complexity index is 326. The summed E-state index contributed by atoms with van der Waals surface area (Å²) in [5, 5.41) is 9.00. The van der Waals surface area contributed by atoms with Crippen molar-refractivity contribution in [3.8, 4) is 0 Å². The zero-order chi connectivity index (χ0) is 9.47. The quantitative estimate of drug-likeness (QED) is 0.696. The molecule has 0 atom stereocenters. The van der Waals surface area contributed by atoms with Crippen LogP contribution in [0.2, 0.25) is 0 Å². The first-order valence-corrected chi connectivity index (χ1v) is 4.86. The number of hydrogen-bond donors (Lipinski definition) is 1. The van der Waals surface area contributed by atoms with Crippen molar-refractivity contribution in [2.45, 2.75) is 38.7 Å². The maximum Gasteiger partial charge on any atom is 0.0681 e. The Labute approximate surface area is 79.4 Å². The van der Waals surface area contributed by atoms with Crippen molar-refractivity contribution in [2.75, 3.05) is 0 Å². The van der Waals surface area contributed by atoms with Crippen LogP contribution in [0.25, 0.3) is 0 Å². The molecule has 0 saturated heterocycles. The fraction of sp³-hybridized carbons (Fsp3) is 0.500. The second-order valence-electron chi connectivity index (χ2n) is 4.53. The minimum atomic E-state index is 0.160. The Morgan fingerprint density at radius 3 is 2.85 bits per heavy atom. The smallest absolute Gasteiger partial charge is 0.0681 e. The molecule has 0 aliphatic heterocycles. The van der Waals surface area contributed by atoms with Gasteiger partial charge in [-0.15, -0.1) is 0 Å². The van der Waals surface area contributed by atoms with E-state index in [9.17, 15) is 0 Å². The number of aliphatic hydroxyl groups is 1. The number of hydrogen-bond acceptors (Lipinski definition) is 1. The van der Waals surface area contributed by atoms with Crippen LogP contribution in [0.4, 0.5) is 0 Å². The van der Waals surface area contributed by atoms with Crippen LogP contribution in [0.5, 0.6) is 0 Å². The fourth-order valence-electron chi connectivity index (χ4n) is 2.19. The van der Waals surface area contributed by atoms with E-state index in [2.05, 4.69) is 26.0 Å². The summed E-state index contributed by atoms with van der Waals surface area (Å²) in [5.74, 6) is 0. The third-order valence-electron chi connectivity index (χ3n) is 3.10. The molecule has 1 aromatic carbocycles. The maximum absolute atomic E-state index is 9.00. The standard InChI is InChI=1S/C12H16O/c1-12(2)6-5-10-7-9(8-13)3-4-11(10)12/h3-4,7,13H,5-6,8H2,1-2H3. The van der Waals surface area contributed by atoms with Gasteiger partial charge in [0.2, 0.25) is 0 Å². The van der Waals surface area contributed by atoms with Gasteiger partial charge in [0.25, 0.3) is 0 Å². The number of aliphatic hydroxyl groups excluding tert-OH is 1. The number of rotatable bonds is 1. The Morgan fingerprint density at radius 2 is 2.15 bits per heavy atom. The van der Waals surface area contributed by atoms with Gasteiger partial charge in [0.05, 0.1) is 6.61 Å². The molecule has 0 bridgehead atoms. The lowest BCUT2D eigenvalue weighted by atomic mass is 9.86. The molecule has 1 aliphatic carbocycles. The van der Waals surface area contributed by atoms with Crippen LogP contribution in [0.3, 0.4) is 0 Å². The summed E-state index contributed by atoms with van der Waals surface area (Å²) in [7, 11) is 0. The molecular weight excluding hydrogens is 160 g/mol. The molecule has 1 heteroatoms. The van der Waals surface area contributed by atoms with E-state index >= 15 is 0 Å². The van der Waals surface area contributed by atoms with Crippen LogP contribution in [0.15, 0.2) is 18.2 Å². The number of fused-ring (bicyclic) bond motifs is 1. The SMILES string of the molecule is CC1(C)CCc2cc(CO)ccc21. The number of benzene rings is 1. The average Bonchev–Trinajstić information content (AvgIpc) is 2.42. The summed E-state index contributed by atoms with van der Waals surface area (Å²) in [6.07, 6.45) is 2.40. The molecule has 0 unspecified atom stereocenters. The van der Waals surface area contributed by atoms with E-state index in [1.165, 1.54) is 17.5 Å². The first kappa shape index (κ1) is 8.76. The van der Waals surface area contributed by atoms with Crippen molar-refractivity contribution in [2.24, 2.45) is 0 Å². The zero-order valence-electron chi connectivity index (χ0n) is 8.30. The first-order chi connectivity index (χ1) is 6.13. The molecule has 1 aromatic rings. The van der Waals surface area contributed by atoms with Gasteiger partial charge in [0.15, 0.2) is 0 Å². The molecule has 0 heterocycles. The van der Waals surface area contributed by atoms with Crippen LogP contribution in [-0.4, -0.2) is 5.11 Å². The molecule has 0 aromatic heterocycles. The molecule has 13 heavy (non-hydrogen) atoms. The highest BCUT2D eigenvalue weighted by molar-refractivity contribution is 5.40. The molecule has 70 valence electrons. The van der Waals surface area contributed by atoms with Crippen molar-refractivity contribution < 1.29 is 5.11 Å². The van der Waals surface area contributed by atoms with E-state index in [1.54, 1.807) is 0 Å². The van der Waals surface area contributed by atoms with Gasteiger partial charge in [0, 0.05) is 0 Å². The lowest BCUT2D eigenvalue weighted by molar-refractivity contribution is 0.281. The van der Waals surface area contributed by atoms with E-state index in [1.807, 2.05) is 6.07 Å². The third kappa shape index (κ3) is 1.37. The van der Waals surface area contributed by atoms with Crippen molar-refractivity contribution in [3.05, 3.63) is 34.9 Å². The van der Waals surface area contributed by atoms with Gasteiger partial charge in [-0.2, -0.15) is 0 Å². The fourth-order valence-corrected chi connectivity index (χ4v) is 2.19. The van der Waals surface area contributed by atoms with E-state index in [0.29, 0.717) is 5.41 Å². The maximum atomic E-state index is 9.00. The van der Waals surface area contributed by atoms with Crippen LogP contribution in [-0.2, 0) is 18.4 Å². The molecule has 0 spiro atoms. The lowest BCUT2D eigenvalue weighted by Gasteiger charge is -2.18. The topological polar surface area (TPSA) is 20.2 Å². The zero-order valence-corrected chi connectivity index (χ0v) is 8.30. The van der Waals surface area contributed by atoms with Gasteiger partial charge in [-0.1, -0.05) is 32.0 Å². The molecule has 1 aliphatic rings.